The van der Waals surface area contributed by atoms with E-state index in [9.17, 15) is 9.59 Å². The van der Waals surface area contributed by atoms with E-state index in [1.165, 1.54) is 0 Å². The van der Waals surface area contributed by atoms with Crippen LogP contribution in [0, 0.1) is 5.92 Å². The lowest BCUT2D eigenvalue weighted by atomic mass is 10.1. The number of halogens is 1. The van der Waals surface area contributed by atoms with E-state index in [4.69, 9.17) is 11.6 Å². The van der Waals surface area contributed by atoms with Crippen LogP contribution in [-0.2, 0) is 4.79 Å². The first-order chi connectivity index (χ1) is 12.2. The second-order valence-electron chi connectivity index (χ2n) is 7.74. The minimum atomic E-state index is -0.288. The minimum Gasteiger partial charge on any atom is -0.347 e. The van der Waals surface area contributed by atoms with Crippen LogP contribution in [0.5, 0.6) is 0 Å². The summed E-state index contributed by atoms with van der Waals surface area (Å²) in [5.74, 6) is -0.0162. The van der Waals surface area contributed by atoms with Crippen molar-refractivity contribution in [2.45, 2.75) is 38.6 Å². The van der Waals surface area contributed by atoms with Crippen molar-refractivity contribution in [3.63, 3.8) is 0 Å². The van der Waals surface area contributed by atoms with E-state index in [2.05, 4.69) is 10.6 Å². The number of anilines is 1. The molecule has 2 amide bonds. The van der Waals surface area contributed by atoms with Crippen molar-refractivity contribution in [1.29, 1.82) is 0 Å². The first-order valence-electron chi connectivity index (χ1n) is 8.72. The smallest absolute Gasteiger partial charge is 0.251 e. The Kier molecular flexibility index (Phi) is 5.05. The van der Waals surface area contributed by atoms with Gasteiger partial charge in [-0.25, -0.2) is 0 Å². The molecule has 2 aromatic rings. The number of carbonyl (C=O) groups excluding carboxylic acids is 2. The fraction of sp³-hybridized carbons (Fsp3) is 0.333. The third-order valence-electron chi connectivity index (χ3n) is 4.34. The number of benzene rings is 2. The highest BCUT2D eigenvalue weighted by atomic mass is 35.5. The number of rotatable bonds is 4. The summed E-state index contributed by atoms with van der Waals surface area (Å²) in [6, 6.07) is 14.6. The average Bonchev–Trinajstić information content (AvgIpc) is 3.35. The molecule has 0 saturated heterocycles. The molecule has 2 atom stereocenters. The molecule has 5 heteroatoms. The van der Waals surface area contributed by atoms with Gasteiger partial charge in [0.25, 0.3) is 5.91 Å². The molecule has 0 spiro atoms. The largest absolute Gasteiger partial charge is 0.347 e. The summed E-state index contributed by atoms with van der Waals surface area (Å²) in [6.45, 7) is 5.81. The molecular formula is C21H23ClN2O2. The highest BCUT2D eigenvalue weighted by Gasteiger charge is 2.44. The van der Waals surface area contributed by atoms with Crippen molar-refractivity contribution in [2.24, 2.45) is 5.92 Å². The fourth-order valence-corrected chi connectivity index (χ4v) is 3.23. The summed E-state index contributed by atoms with van der Waals surface area (Å²) < 4.78 is 0. The minimum absolute atomic E-state index is 0.0122. The van der Waals surface area contributed by atoms with E-state index in [1.807, 2.05) is 45.0 Å². The highest BCUT2D eigenvalue weighted by Crippen LogP contribution is 2.49. The maximum atomic E-state index is 12.4. The molecule has 1 fully saturated rings. The van der Waals surface area contributed by atoms with Crippen molar-refractivity contribution in [2.75, 3.05) is 5.32 Å². The Balaban J connectivity index is 1.59. The zero-order valence-corrected chi connectivity index (χ0v) is 15.9. The predicted octanol–water partition coefficient (Wildman–Crippen LogP) is 4.61. The molecule has 3 rings (SSSR count). The normalized spacial score (nSPS) is 18.9. The van der Waals surface area contributed by atoms with Crippen LogP contribution in [-0.4, -0.2) is 17.4 Å². The fourth-order valence-electron chi connectivity index (χ4n) is 2.96. The van der Waals surface area contributed by atoms with Gasteiger partial charge < -0.3 is 10.6 Å². The Hall–Kier alpha value is -2.33. The van der Waals surface area contributed by atoms with Gasteiger partial charge in [0.05, 0.1) is 0 Å². The Morgan fingerprint density at radius 3 is 2.31 bits per heavy atom. The van der Waals surface area contributed by atoms with Gasteiger partial charge in [-0.15, -0.1) is 0 Å². The molecule has 0 bridgehead atoms. The van der Waals surface area contributed by atoms with Crippen LogP contribution < -0.4 is 10.6 Å². The standard InChI is InChI=1S/C21H23ClN2O2/c1-21(2,3)24-19(25)13-8-10-14(11-9-13)23-20(26)17-12-16(17)15-6-4-5-7-18(15)22/h4-11,16-17H,12H2,1-3H3,(H,23,26)(H,24,25). The van der Waals surface area contributed by atoms with Crippen LogP contribution in [0.15, 0.2) is 48.5 Å². The van der Waals surface area contributed by atoms with E-state index in [0.29, 0.717) is 16.3 Å². The van der Waals surface area contributed by atoms with Gasteiger partial charge in [-0.1, -0.05) is 29.8 Å². The third kappa shape index (κ3) is 4.44. The number of hydrogen-bond donors (Lipinski definition) is 2. The lowest BCUT2D eigenvalue weighted by Crippen LogP contribution is -2.40. The van der Waals surface area contributed by atoms with Crippen molar-refractivity contribution in [1.82, 2.24) is 5.32 Å². The van der Waals surface area contributed by atoms with Crippen molar-refractivity contribution >= 4 is 29.1 Å². The molecule has 1 saturated carbocycles. The molecule has 0 heterocycles. The Morgan fingerprint density at radius 2 is 1.69 bits per heavy atom. The van der Waals surface area contributed by atoms with Gasteiger partial charge in [0.1, 0.15) is 0 Å². The van der Waals surface area contributed by atoms with E-state index < -0.39 is 0 Å². The molecule has 2 unspecified atom stereocenters. The lowest BCUT2D eigenvalue weighted by Gasteiger charge is -2.20. The zero-order valence-electron chi connectivity index (χ0n) is 15.2. The van der Waals surface area contributed by atoms with Crippen LogP contribution in [0.4, 0.5) is 5.69 Å². The van der Waals surface area contributed by atoms with E-state index in [-0.39, 0.29) is 29.2 Å². The summed E-state index contributed by atoms with van der Waals surface area (Å²) in [7, 11) is 0. The molecule has 2 N–H and O–H groups in total. The van der Waals surface area contributed by atoms with Crippen molar-refractivity contribution in [3.05, 3.63) is 64.7 Å². The first kappa shape index (κ1) is 18.5. The maximum Gasteiger partial charge on any atom is 0.251 e. The molecule has 0 radical (unpaired) electrons. The summed E-state index contributed by atoms with van der Waals surface area (Å²) in [5, 5.41) is 6.55. The Labute approximate surface area is 158 Å². The van der Waals surface area contributed by atoms with Crippen LogP contribution in [0.2, 0.25) is 5.02 Å². The second kappa shape index (κ2) is 7.12. The predicted molar refractivity (Wildman–Crippen MR) is 105 cm³/mol. The van der Waals surface area contributed by atoms with Gasteiger partial charge in [0, 0.05) is 27.7 Å². The number of hydrogen-bond acceptors (Lipinski definition) is 2. The Morgan fingerprint density at radius 1 is 1.04 bits per heavy atom. The summed E-state index contributed by atoms with van der Waals surface area (Å²) in [4.78, 5) is 24.6. The molecular weight excluding hydrogens is 348 g/mol. The van der Waals surface area contributed by atoms with Crippen LogP contribution in [0.25, 0.3) is 0 Å². The van der Waals surface area contributed by atoms with Gasteiger partial charge >= 0.3 is 0 Å². The molecule has 1 aliphatic rings. The third-order valence-corrected chi connectivity index (χ3v) is 4.68. The molecule has 2 aromatic carbocycles. The van der Waals surface area contributed by atoms with Crippen molar-refractivity contribution < 1.29 is 9.59 Å². The zero-order chi connectivity index (χ0) is 18.9. The van der Waals surface area contributed by atoms with Gasteiger partial charge in [0.15, 0.2) is 0 Å². The molecule has 136 valence electrons. The summed E-state index contributed by atoms with van der Waals surface area (Å²) >= 11 is 6.21. The highest BCUT2D eigenvalue weighted by molar-refractivity contribution is 6.31. The van der Waals surface area contributed by atoms with E-state index in [1.54, 1.807) is 24.3 Å². The molecule has 1 aliphatic carbocycles. The topological polar surface area (TPSA) is 58.2 Å². The first-order valence-corrected chi connectivity index (χ1v) is 9.10. The van der Waals surface area contributed by atoms with Crippen LogP contribution >= 0.6 is 11.6 Å². The van der Waals surface area contributed by atoms with Gasteiger partial charge in [0.2, 0.25) is 5.91 Å². The second-order valence-corrected chi connectivity index (χ2v) is 8.15. The molecule has 26 heavy (non-hydrogen) atoms. The maximum absolute atomic E-state index is 12.4. The van der Waals surface area contributed by atoms with Crippen LogP contribution in [0.3, 0.4) is 0 Å². The summed E-state index contributed by atoms with van der Waals surface area (Å²) in [6.07, 6.45) is 0.807. The summed E-state index contributed by atoms with van der Waals surface area (Å²) in [5.41, 5.74) is 2.00. The molecule has 4 nitrogen and oxygen atoms in total. The van der Waals surface area contributed by atoms with Crippen LogP contribution in [0.1, 0.15) is 49.0 Å². The number of nitrogens with one attached hydrogen (secondary N) is 2. The van der Waals surface area contributed by atoms with Gasteiger partial charge in [-0.2, -0.15) is 0 Å². The SMILES string of the molecule is CC(C)(C)NC(=O)c1ccc(NC(=O)C2CC2c2ccccc2Cl)cc1. The molecule has 0 aromatic heterocycles. The van der Waals surface area contributed by atoms with E-state index >= 15 is 0 Å². The Bertz CT molecular complexity index is 825. The number of amides is 2. The van der Waals surface area contributed by atoms with Gasteiger partial charge in [-0.05, 0) is 69.0 Å². The van der Waals surface area contributed by atoms with E-state index in [0.717, 1.165) is 12.0 Å². The quantitative estimate of drug-likeness (QED) is 0.825. The monoisotopic (exact) mass is 370 g/mol. The van der Waals surface area contributed by atoms with Crippen molar-refractivity contribution in [3.8, 4) is 0 Å². The lowest BCUT2D eigenvalue weighted by molar-refractivity contribution is -0.117. The molecule has 0 aliphatic heterocycles. The van der Waals surface area contributed by atoms with Gasteiger partial charge in [-0.3, -0.25) is 9.59 Å². The average molecular weight is 371 g/mol. The number of carbonyl (C=O) groups is 2.